The van der Waals surface area contributed by atoms with Crippen LogP contribution in [0.2, 0.25) is 5.02 Å². The summed E-state index contributed by atoms with van der Waals surface area (Å²) in [6.45, 7) is 1.91. The van der Waals surface area contributed by atoms with Crippen LogP contribution in [0.5, 0.6) is 11.5 Å². The Hall–Kier alpha value is -3.95. The van der Waals surface area contributed by atoms with Gasteiger partial charge in [0, 0.05) is 16.0 Å². The number of hydrogen-bond acceptors (Lipinski definition) is 6. The fourth-order valence-electron chi connectivity index (χ4n) is 3.57. The lowest BCUT2D eigenvalue weighted by molar-refractivity contribution is -0.119. The van der Waals surface area contributed by atoms with E-state index in [1.165, 1.54) is 6.21 Å². The average molecular weight is 582 g/mol. The molecule has 0 saturated carbocycles. The van der Waals surface area contributed by atoms with Crippen molar-refractivity contribution in [1.82, 2.24) is 10.4 Å². The Morgan fingerprint density at radius 2 is 1.86 bits per heavy atom. The molecule has 2 amide bonds. The molecule has 1 heterocycles. The summed E-state index contributed by atoms with van der Waals surface area (Å²) in [4.78, 5) is 29.0. The number of carbonyl (C=O) groups excluding carboxylic acids is 2. The second-order valence-electron chi connectivity index (χ2n) is 7.80. The summed E-state index contributed by atoms with van der Waals surface area (Å²) >= 11 is 9.44. The highest BCUT2D eigenvalue weighted by molar-refractivity contribution is 9.10. The number of fused-ring (bicyclic) bond motifs is 1. The van der Waals surface area contributed by atoms with Crippen molar-refractivity contribution >= 4 is 56.5 Å². The fraction of sp³-hybridized carbons (Fsp3) is 0.111. The van der Waals surface area contributed by atoms with E-state index < -0.39 is 11.8 Å². The molecule has 0 bridgehead atoms. The van der Waals surface area contributed by atoms with Gasteiger partial charge in [0.25, 0.3) is 11.8 Å². The van der Waals surface area contributed by atoms with Crippen LogP contribution >= 0.6 is 27.5 Å². The molecular weight excluding hydrogens is 560 g/mol. The Bertz CT molecular complexity index is 1490. The highest BCUT2D eigenvalue weighted by Crippen LogP contribution is 2.36. The van der Waals surface area contributed by atoms with E-state index >= 15 is 0 Å². The van der Waals surface area contributed by atoms with Crippen LogP contribution in [-0.4, -0.2) is 36.2 Å². The zero-order chi connectivity index (χ0) is 26.4. The Labute approximate surface area is 226 Å². The van der Waals surface area contributed by atoms with Crippen LogP contribution in [0.4, 0.5) is 0 Å². The fourth-order valence-corrected chi connectivity index (χ4v) is 4.27. The normalized spacial score (nSPS) is 11.0. The molecule has 0 atom stereocenters. The lowest BCUT2D eigenvalue weighted by Gasteiger charge is -2.13. The number of rotatable bonds is 9. The quantitative estimate of drug-likeness (QED) is 0.204. The van der Waals surface area contributed by atoms with Gasteiger partial charge in [-0.3, -0.25) is 9.59 Å². The summed E-state index contributed by atoms with van der Waals surface area (Å²) in [5, 5.41) is 5.44. The lowest BCUT2D eigenvalue weighted by Crippen LogP contribution is -2.20. The number of nitrogens with zero attached hydrogens (tertiary/aromatic N) is 2. The van der Waals surface area contributed by atoms with Gasteiger partial charge < -0.3 is 15.2 Å². The molecule has 8 nitrogen and oxygen atoms in total. The van der Waals surface area contributed by atoms with E-state index in [1.807, 2.05) is 43.3 Å². The first-order valence-electron chi connectivity index (χ1n) is 11.2. The van der Waals surface area contributed by atoms with E-state index in [-0.39, 0.29) is 6.61 Å². The minimum atomic E-state index is -0.606. The molecule has 0 aliphatic rings. The second-order valence-corrected chi connectivity index (χ2v) is 9.09. The molecule has 0 aliphatic carbocycles. The average Bonchev–Trinajstić information content (AvgIpc) is 2.88. The molecule has 3 N–H and O–H groups in total. The number of primary amides is 1. The van der Waals surface area contributed by atoms with Gasteiger partial charge in [-0.15, -0.1) is 0 Å². The summed E-state index contributed by atoms with van der Waals surface area (Å²) in [5.41, 5.74) is 11.0. The van der Waals surface area contributed by atoms with E-state index in [0.29, 0.717) is 55.3 Å². The molecule has 0 aliphatic heterocycles. The first-order valence-corrected chi connectivity index (χ1v) is 12.4. The van der Waals surface area contributed by atoms with Crippen molar-refractivity contribution in [2.45, 2.75) is 6.92 Å². The van der Waals surface area contributed by atoms with Crippen molar-refractivity contribution < 1.29 is 19.1 Å². The minimum Gasteiger partial charge on any atom is -0.490 e. The molecule has 0 saturated heterocycles. The number of carbonyl (C=O) groups is 2. The van der Waals surface area contributed by atoms with E-state index in [2.05, 4.69) is 26.5 Å². The molecule has 0 radical (unpaired) electrons. The number of para-hydroxylation sites is 1. The van der Waals surface area contributed by atoms with Gasteiger partial charge in [0.1, 0.15) is 0 Å². The standard InChI is InChI=1S/C27H22BrClN4O4/c1-2-36-24-12-16(11-21(28)26(24)37-15-25(30)34)14-31-33-27(35)20-13-23(17-7-9-18(29)10-8-17)32-22-6-4-3-5-19(20)22/h3-14H,2,15H2,1H3,(H2,30,34)(H,33,35). The minimum absolute atomic E-state index is 0.292. The van der Waals surface area contributed by atoms with Crippen LogP contribution in [-0.2, 0) is 4.79 Å². The highest BCUT2D eigenvalue weighted by Gasteiger charge is 2.15. The Balaban J connectivity index is 1.60. The summed E-state index contributed by atoms with van der Waals surface area (Å²) < 4.78 is 11.6. The van der Waals surface area contributed by atoms with Gasteiger partial charge in [-0.25, -0.2) is 10.4 Å². The number of amides is 2. The van der Waals surface area contributed by atoms with E-state index in [4.69, 9.17) is 31.8 Å². The lowest BCUT2D eigenvalue weighted by atomic mass is 10.0. The van der Waals surface area contributed by atoms with Gasteiger partial charge in [0.05, 0.1) is 34.1 Å². The number of hydrogen-bond donors (Lipinski definition) is 2. The van der Waals surface area contributed by atoms with Crippen LogP contribution in [0.25, 0.3) is 22.2 Å². The zero-order valence-corrected chi connectivity index (χ0v) is 22.0. The highest BCUT2D eigenvalue weighted by atomic mass is 79.9. The van der Waals surface area contributed by atoms with Crippen LogP contribution < -0.4 is 20.6 Å². The summed E-state index contributed by atoms with van der Waals surface area (Å²) in [6.07, 6.45) is 1.48. The number of nitrogens with one attached hydrogen (secondary N) is 1. The van der Waals surface area contributed by atoms with E-state index in [9.17, 15) is 9.59 Å². The van der Waals surface area contributed by atoms with Gasteiger partial charge in [0.15, 0.2) is 18.1 Å². The van der Waals surface area contributed by atoms with Crippen molar-refractivity contribution in [2.24, 2.45) is 10.8 Å². The van der Waals surface area contributed by atoms with Crippen LogP contribution in [0.3, 0.4) is 0 Å². The Kier molecular flexibility index (Phi) is 8.37. The molecule has 4 rings (SSSR count). The predicted molar refractivity (Wildman–Crippen MR) is 147 cm³/mol. The van der Waals surface area contributed by atoms with Crippen molar-refractivity contribution in [2.75, 3.05) is 13.2 Å². The van der Waals surface area contributed by atoms with Crippen molar-refractivity contribution in [1.29, 1.82) is 0 Å². The second kappa shape index (κ2) is 11.9. The van der Waals surface area contributed by atoms with E-state index in [1.54, 1.807) is 30.3 Å². The number of nitrogens with two attached hydrogens (primary N) is 1. The topological polar surface area (TPSA) is 116 Å². The largest absolute Gasteiger partial charge is 0.490 e. The summed E-state index contributed by atoms with van der Waals surface area (Å²) in [5.74, 6) is -0.250. The molecule has 0 fully saturated rings. The monoisotopic (exact) mass is 580 g/mol. The Morgan fingerprint density at radius 1 is 1.11 bits per heavy atom. The third-order valence-electron chi connectivity index (χ3n) is 5.17. The van der Waals surface area contributed by atoms with Gasteiger partial charge >= 0.3 is 0 Å². The maximum Gasteiger partial charge on any atom is 0.272 e. The molecule has 10 heteroatoms. The molecule has 3 aromatic carbocycles. The van der Waals surface area contributed by atoms with Gasteiger partial charge in [0.2, 0.25) is 0 Å². The molecular formula is C27H22BrClN4O4. The number of hydrazone groups is 1. The maximum absolute atomic E-state index is 13.2. The number of aromatic nitrogens is 1. The van der Waals surface area contributed by atoms with Gasteiger partial charge in [-0.05, 0) is 64.8 Å². The van der Waals surface area contributed by atoms with Crippen molar-refractivity contribution in [3.63, 3.8) is 0 Å². The first-order chi connectivity index (χ1) is 17.9. The molecule has 188 valence electrons. The summed E-state index contributed by atoms with van der Waals surface area (Å²) in [7, 11) is 0. The predicted octanol–water partition coefficient (Wildman–Crippen LogP) is 5.34. The Morgan fingerprint density at radius 3 is 2.59 bits per heavy atom. The SMILES string of the molecule is CCOc1cc(C=NNC(=O)c2cc(-c3ccc(Cl)cc3)nc3ccccc23)cc(Br)c1OCC(N)=O. The number of benzene rings is 3. The van der Waals surface area contributed by atoms with Gasteiger partial charge in [-0.2, -0.15) is 5.10 Å². The van der Waals surface area contributed by atoms with E-state index in [0.717, 1.165) is 5.56 Å². The molecule has 0 unspecified atom stereocenters. The third kappa shape index (κ3) is 6.44. The molecule has 4 aromatic rings. The zero-order valence-electron chi connectivity index (χ0n) is 19.7. The summed E-state index contributed by atoms with van der Waals surface area (Å²) in [6, 6.07) is 19.8. The molecule has 37 heavy (non-hydrogen) atoms. The number of halogens is 2. The molecule has 1 aromatic heterocycles. The van der Waals surface area contributed by atoms with Gasteiger partial charge in [-0.1, -0.05) is 41.9 Å². The van der Waals surface area contributed by atoms with Crippen LogP contribution in [0, 0.1) is 0 Å². The first kappa shape index (κ1) is 26.1. The van der Waals surface area contributed by atoms with Crippen molar-refractivity contribution in [3.8, 4) is 22.8 Å². The van der Waals surface area contributed by atoms with Crippen molar-refractivity contribution in [3.05, 3.63) is 87.4 Å². The smallest absolute Gasteiger partial charge is 0.272 e. The maximum atomic E-state index is 13.2. The number of pyridine rings is 1. The van der Waals surface area contributed by atoms with Crippen LogP contribution in [0.1, 0.15) is 22.8 Å². The third-order valence-corrected chi connectivity index (χ3v) is 6.01. The number of ether oxygens (including phenoxy) is 2. The molecule has 0 spiro atoms. The van der Waals surface area contributed by atoms with Crippen LogP contribution in [0.15, 0.2) is 76.3 Å².